The molecule has 0 saturated heterocycles. The van der Waals surface area contributed by atoms with Crippen LogP contribution in [0, 0.1) is 12.0 Å². The number of allylic oxidation sites excluding steroid dienone is 2. The molecule has 0 bridgehead atoms. The number of ketones is 1. The largest absolute Gasteiger partial charge is 0.523 e. The van der Waals surface area contributed by atoms with Crippen LogP contribution >= 0.6 is 0 Å². The van der Waals surface area contributed by atoms with Crippen LogP contribution in [-0.2, 0) is 21.9 Å². The van der Waals surface area contributed by atoms with Gasteiger partial charge < -0.3 is 9.90 Å². The zero-order valence-electron chi connectivity index (χ0n) is 8.10. The molecule has 0 unspecified atom stereocenters. The van der Waals surface area contributed by atoms with E-state index in [4.69, 9.17) is 6.57 Å². The van der Waals surface area contributed by atoms with E-state index in [9.17, 15) is 9.90 Å². The van der Waals surface area contributed by atoms with Crippen molar-refractivity contribution < 1.29 is 27.0 Å². The first kappa shape index (κ1) is 14.7. The van der Waals surface area contributed by atoms with Gasteiger partial charge >= 0.3 is 0 Å². The van der Waals surface area contributed by atoms with Gasteiger partial charge in [0.2, 0.25) is 0 Å². The number of carbonyl (C=O) groups is 1. The molecule has 0 fully saturated rings. The number of aliphatic hydroxyl groups excluding tert-OH is 1. The van der Waals surface area contributed by atoms with Crippen molar-refractivity contribution in [3.63, 3.8) is 0 Å². The summed E-state index contributed by atoms with van der Waals surface area (Å²) in [5.41, 5.74) is -0.701. The van der Waals surface area contributed by atoms with Crippen molar-refractivity contribution in [1.29, 1.82) is 0 Å². The summed E-state index contributed by atoms with van der Waals surface area (Å²) in [6, 6.07) is 0. The smallest absolute Gasteiger partial charge is 0.265 e. The first-order chi connectivity index (χ1) is 5.30. The van der Waals surface area contributed by atoms with Gasteiger partial charge in [0, 0.05) is 22.5 Å². The molecule has 0 atom stereocenters. The number of Topliss-reactive ketones (excluding diaryl/α,β-unsaturated/α-hetero) is 1. The number of rotatable bonds is 1. The number of carbonyl (C=O) groups excluding carboxylic acids is 1. The van der Waals surface area contributed by atoms with Gasteiger partial charge in [-0.15, -0.1) is 0 Å². The van der Waals surface area contributed by atoms with Crippen LogP contribution in [0.1, 0.15) is 27.7 Å². The molecule has 1 N–H and O–H groups in total. The zero-order valence-corrected chi connectivity index (χ0v) is 9.05. The second-order valence-corrected chi connectivity index (χ2v) is 3.62. The SMILES string of the molecule is [C-]#[N+]/C(C(C)=O)=C(/O)C(C)(C)C.[Cu]. The monoisotopic (exact) mass is 230 g/mol. The quantitative estimate of drug-likeness (QED) is 0.325. The molecule has 4 heteroatoms. The van der Waals surface area contributed by atoms with E-state index in [1.807, 2.05) is 0 Å². The summed E-state index contributed by atoms with van der Waals surface area (Å²) in [6.07, 6.45) is 0. The average Bonchev–Trinajstić information content (AvgIpc) is 1.86. The summed E-state index contributed by atoms with van der Waals surface area (Å²) in [6.45, 7) is 13.2. The molecule has 0 aliphatic heterocycles. The molecule has 0 aromatic heterocycles. The molecule has 77 valence electrons. The van der Waals surface area contributed by atoms with Crippen molar-refractivity contribution in [3.8, 4) is 0 Å². The van der Waals surface area contributed by atoms with Gasteiger partial charge in [0.1, 0.15) is 5.76 Å². The fraction of sp³-hybridized carbons (Fsp3) is 0.556. The third kappa shape index (κ3) is 4.12. The summed E-state index contributed by atoms with van der Waals surface area (Å²) in [5, 5.41) is 9.46. The van der Waals surface area contributed by atoms with Crippen molar-refractivity contribution in [2.45, 2.75) is 27.7 Å². The molecule has 3 nitrogen and oxygen atoms in total. The van der Waals surface area contributed by atoms with Crippen LogP contribution in [0.25, 0.3) is 4.85 Å². The Morgan fingerprint density at radius 1 is 1.38 bits per heavy atom. The van der Waals surface area contributed by atoms with E-state index in [2.05, 4.69) is 4.85 Å². The number of aliphatic hydroxyl groups is 1. The maximum absolute atomic E-state index is 10.8. The maximum atomic E-state index is 10.8. The third-order valence-corrected chi connectivity index (χ3v) is 1.38. The van der Waals surface area contributed by atoms with Gasteiger partial charge in [-0.2, -0.15) is 0 Å². The molecule has 0 heterocycles. The fourth-order valence-corrected chi connectivity index (χ4v) is 0.654. The Bertz CT molecular complexity index is 268. The predicted octanol–water partition coefficient (Wildman–Crippen LogP) is 2.31. The van der Waals surface area contributed by atoms with Gasteiger partial charge in [-0.1, -0.05) is 20.8 Å². The molecule has 1 radical (unpaired) electrons. The minimum Gasteiger partial charge on any atom is -0.523 e. The molecule has 0 aliphatic carbocycles. The standard InChI is InChI=1S/C9H13NO2.Cu/c1-6(11)7(10-5)8(12)9(2,3)4;/h12H,1-4H3;/b8-7+;. The Hall–Kier alpha value is -0.781. The number of nitrogens with zero attached hydrogens (tertiary/aromatic N) is 1. The molecule has 0 amide bonds. The van der Waals surface area contributed by atoms with Gasteiger partial charge in [-0.05, 0) is 6.92 Å². The fourth-order valence-electron chi connectivity index (χ4n) is 0.654. The van der Waals surface area contributed by atoms with Gasteiger partial charge in [-0.3, -0.25) is 0 Å². The molecule has 0 aromatic carbocycles. The second kappa shape index (κ2) is 5.06. The minimum atomic E-state index is -0.536. The first-order valence-electron chi connectivity index (χ1n) is 3.62. The van der Waals surface area contributed by atoms with Crippen molar-refractivity contribution in [3.05, 3.63) is 22.9 Å². The van der Waals surface area contributed by atoms with E-state index in [0.717, 1.165) is 0 Å². The van der Waals surface area contributed by atoms with E-state index < -0.39 is 11.2 Å². The molecule has 0 aromatic rings. The van der Waals surface area contributed by atoms with Crippen molar-refractivity contribution in [1.82, 2.24) is 0 Å². The predicted molar refractivity (Wildman–Crippen MR) is 46.4 cm³/mol. The molecule has 0 rings (SSSR count). The van der Waals surface area contributed by atoms with Gasteiger partial charge in [-0.25, -0.2) is 4.85 Å². The van der Waals surface area contributed by atoms with E-state index in [0.29, 0.717) is 0 Å². The van der Waals surface area contributed by atoms with Crippen LogP contribution in [0.2, 0.25) is 0 Å². The summed E-state index contributed by atoms with van der Waals surface area (Å²) in [5.74, 6) is -0.526. The van der Waals surface area contributed by atoms with Crippen molar-refractivity contribution in [2.24, 2.45) is 5.41 Å². The molecular weight excluding hydrogens is 218 g/mol. The molecule has 0 aliphatic rings. The van der Waals surface area contributed by atoms with Crippen LogP contribution in [-0.4, -0.2) is 10.9 Å². The van der Waals surface area contributed by atoms with Gasteiger partial charge in [0.05, 0.1) is 6.57 Å². The topological polar surface area (TPSA) is 41.7 Å². The molecule has 0 saturated carbocycles. The summed E-state index contributed by atoms with van der Waals surface area (Å²) < 4.78 is 0. The second-order valence-electron chi connectivity index (χ2n) is 3.62. The summed E-state index contributed by atoms with van der Waals surface area (Å²) in [7, 11) is 0. The minimum absolute atomic E-state index is 0. The van der Waals surface area contributed by atoms with E-state index in [1.165, 1.54) is 6.92 Å². The molecule has 0 spiro atoms. The normalized spacial score (nSPS) is 12.2. The third-order valence-electron chi connectivity index (χ3n) is 1.38. The van der Waals surface area contributed by atoms with Crippen LogP contribution in [0.15, 0.2) is 11.5 Å². The van der Waals surface area contributed by atoms with Crippen LogP contribution in [0.3, 0.4) is 0 Å². The van der Waals surface area contributed by atoms with Crippen molar-refractivity contribution in [2.75, 3.05) is 0 Å². The van der Waals surface area contributed by atoms with E-state index in [-0.39, 0.29) is 28.5 Å². The zero-order chi connectivity index (χ0) is 9.94. The maximum Gasteiger partial charge on any atom is 0.265 e. The van der Waals surface area contributed by atoms with Gasteiger partial charge in [0.15, 0.2) is 5.78 Å². The van der Waals surface area contributed by atoms with Crippen molar-refractivity contribution >= 4 is 5.78 Å². The first-order valence-corrected chi connectivity index (χ1v) is 3.62. The summed E-state index contributed by atoms with van der Waals surface area (Å²) >= 11 is 0. The van der Waals surface area contributed by atoms with Gasteiger partial charge in [0.25, 0.3) is 5.70 Å². The number of hydrogen-bond acceptors (Lipinski definition) is 2. The summed E-state index contributed by atoms with van der Waals surface area (Å²) in [4.78, 5) is 13.8. The Morgan fingerprint density at radius 2 is 1.77 bits per heavy atom. The van der Waals surface area contributed by atoms with Crippen LogP contribution < -0.4 is 0 Å². The van der Waals surface area contributed by atoms with E-state index >= 15 is 0 Å². The Kier molecular flexibility index (Phi) is 5.73. The Labute approximate surface area is 89.1 Å². The average molecular weight is 231 g/mol. The Morgan fingerprint density at radius 3 is 1.85 bits per heavy atom. The van der Waals surface area contributed by atoms with E-state index in [1.54, 1.807) is 20.8 Å². The molecular formula is C9H13CuNO2. The molecule has 13 heavy (non-hydrogen) atoms. The van der Waals surface area contributed by atoms with Crippen LogP contribution in [0.4, 0.5) is 0 Å². The Balaban J connectivity index is 0. The number of hydrogen-bond donors (Lipinski definition) is 1. The van der Waals surface area contributed by atoms with Crippen LogP contribution in [0.5, 0.6) is 0 Å².